The molecular weight excluding hydrogens is 632 g/mol. The Morgan fingerprint density at radius 2 is 0.692 bits per heavy atom. The van der Waals surface area contributed by atoms with Crippen molar-refractivity contribution in [2.24, 2.45) is 5.41 Å². The van der Waals surface area contributed by atoms with Gasteiger partial charge in [0, 0.05) is 0 Å². The Bertz CT molecular complexity index is 63.4. The first kappa shape index (κ1) is 29.7. The molecule has 0 aromatic heterocycles. The van der Waals surface area contributed by atoms with Gasteiger partial charge < -0.3 is 116 Å². The van der Waals surface area contributed by atoms with Crippen LogP contribution in [-0.2, 0) is 0 Å². The zero-order chi connectivity index (χ0) is 7.33. The molecule has 0 saturated carbocycles. The molecule has 4 nitrogen and oxygen atoms in total. The van der Waals surface area contributed by atoms with Crippen molar-refractivity contribution in [3.8, 4) is 0 Å². The van der Waals surface area contributed by atoms with E-state index in [-0.39, 0.29) is 95.9 Å². The molecule has 0 atom stereocenters. The van der Waals surface area contributed by atoms with Crippen LogP contribution in [0.5, 0.6) is 0 Å². The van der Waals surface area contributed by atoms with Crippen molar-refractivity contribution in [1.82, 2.24) is 0 Å². The van der Waals surface area contributed by atoms with Gasteiger partial charge in [0.2, 0.25) is 0 Å². The first-order valence-corrected chi connectivity index (χ1v) is 2.68. The van der Waals surface area contributed by atoms with Crippen LogP contribution < -0.4 is 95.9 Å². The SMILES string of the molecule is OCC(CO)(CO)CO.[I-].[I-].[I-].[I-]. The number of hydrogen-bond donors (Lipinski definition) is 4. The number of rotatable bonds is 4. The topological polar surface area (TPSA) is 80.9 Å². The average Bonchev–Trinajstić information content (AvgIpc) is 1.95. The molecule has 0 rings (SSSR count). The molecule has 13 heavy (non-hydrogen) atoms. The second-order valence-corrected chi connectivity index (χ2v) is 2.13. The molecule has 0 amide bonds. The molecule has 0 saturated heterocycles. The maximum atomic E-state index is 8.50. The van der Waals surface area contributed by atoms with E-state index in [2.05, 4.69) is 0 Å². The first-order valence-electron chi connectivity index (χ1n) is 2.68. The summed E-state index contributed by atoms with van der Waals surface area (Å²) in [5, 5.41) is 34.0. The standard InChI is InChI=1S/C5H12O4.4HI/c6-1-5(2-7,3-8)4-9;;;;/h6-9H,1-4H2;4*1H/p-4. The normalized spacial score (nSPS) is 8.31. The van der Waals surface area contributed by atoms with Gasteiger partial charge in [0.25, 0.3) is 0 Å². The van der Waals surface area contributed by atoms with Crippen LogP contribution >= 0.6 is 0 Å². The van der Waals surface area contributed by atoms with Crippen LogP contribution in [0.25, 0.3) is 0 Å². The van der Waals surface area contributed by atoms with E-state index >= 15 is 0 Å². The van der Waals surface area contributed by atoms with Crippen LogP contribution in [0, 0.1) is 5.41 Å². The molecule has 0 aliphatic carbocycles. The van der Waals surface area contributed by atoms with Crippen molar-refractivity contribution in [1.29, 1.82) is 0 Å². The molecule has 88 valence electrons. The van der Waals surface area contributed by atoms with Gasteiger partial charge in [0.05, 0.1) is 31.8 Å². The molecule has 4 N–H and O–H groups in total. The third-order valence-corrected chi connectivity index (χ3v) is 1.34. The van der Waals surface area contributed by atoms with Gasteiger partial charge in [0.1, 0.15) is 0 Å². The fourth-order valence-electron chi connectivity index (χ4n) is 0.300. The Morgan fingerprint density at radius 3 is 0.692 bits per heavy atom. The Balaban J connectivity index is -0.0000000533. The van der Waals surface area contributed by atoms with Gasteiger partial charge in [-0.3, -0.25) is 0 Å². The summed E-state index contributed by atoms with van der Waals surface area (Å²) in [5.74, 6) is 0. The maximum absolute atomic E-state index is 8.50. The van der Waals surface area contributed by atoms with E-state index < -0.39 is 31.8 Å². The van der Waals surface area contributed by atoms with Crippen LogP contribution in [0.2, 0.25) is 0 Å². The number of halogens is 4. The number of aliphatic hydroxyl groups is 4. The summed E-state index contributed by atoms with van der Waals surface area (Å²) in [5.41, 5.74) is -1.11. The summed E-state index contributed by atoms with van der Waals surface area (Å²) in [6, 6.07) is 0. The highest BCUT2D eigenvalue weighted by Gasteiger charge is 2.26. The largest absolute Gasteiger partial charge is 1.00 e. The lowest BCUT2D eigenvalue weighted by atomic mass is 9.93. The lowest BCUT2D eigenvalue weighted by Gasteiger charge is -2.23. The van der Waals surface area contributed by atoms with E-state index in [0.717, 1.165) is 0 Å². The van der Waals surface area contributed by atoms with Crippen molar-refractivity contribution in [3.63, 3.8) is 0 Å². The first-order chi connectivity index (χ1) is 4.24. The highest BCUT2D eigenvalue weighted by atomic mass is 127. The minimum absolute atomic E-state index is 0. The predicted molar refractivity (Wildman–Crippen MR) is 30.8 cm³/mol. The molecule has 0 spiro atoms. The second kappa shape index (κ2) is 17.2. The van der Waals surface area contributed by atoms with E-state index in [0.29, 0.717) is 0 Å². The van der Waals surface area contributed by atoms with Gasteiger partial charge >= 0.3 is 0 Å². The van der Waals surface area contributed by atoms with Crippen LogP contribution in [0.4, 0.5) is 0 Å². The summed E-state index contributed by atoms with van der Waals surface area (Å²) < 4.78 is 0. The fraction of sp³-hybridized carbons (Fsp3) is 1.00. The minimum atomic E-state index is -1.11. The van der Waals surface area contributed by atoms with E-state index in [1.54, 1.807) is 0 Å². The summed E-state index contributed by atoms with van der Waals surface area (Å²) in [6.07, 6.45) is 0. The van der Waals surface area contributed by atoms with Crippen LogP contribution in [0.15, 0.2) is 0 Å². The lowest BCUT2D eigenvalue weighted by Crippen LogP contribution is -3.00. The Kier molecular flexibility index (Phi) is 39.2. The lowest BCUT2D eigenvalue weighted by molar-refractivity contribution is -0.0328. The van der Waals surface area contributed by atoms with Crippen molar-refractivity contribution in [2.75, 3.05) is 26.4 Å². The Labute approximate surface area is 146 Å². The molecule has 0 aliphatic rings. The van der Waals surface area contributed by atoms with E-state index in [1.807, 2.05) is 0 Å². The molecule has 0 aliphatic heterocycles. The minimum Gasteiger partial charge on any atom is -1.00 e. The molecule has 0 aromatic carbocycles. The quantitative estimate of drug-likeness (QED) is 0.230. The third kappa shape index (κ3) is 11.0. The third-order valence-electron chi connectivity index (χ3n) is 1.34. The van der Waals surface area contributed by atoms with Crippen molar-refractivity contribution in [3.05, 3.63) is 0 Å². The molecule has 0 bridgehead atoms. The molecule has 0 unspecified atom stereocenters. The Morgan fingerprint density at radius 1 is 0.538 bits per heavy atom. The second-order valence-electron chi connectivity index (χ2n) is 2.13. The van der Waals surface area contributed by atoms with Gasteiger partial charge in [-0.2, -0.15) is 0 Å². The summed E-state index contributed by atoms with van der Waals surface area (Å²) in [4.78, 5) is 0. The van der Waals surface area contributed by atoms with Gasteiger partial charge in [-0.05, 0) is 0 Å². The molecule has 0 fully saturated rings. The molecule has 0 aromatic rings. The number of aliphatic hydroxyl groups excluding tert-OH is 4. The van der Waals surface area contributed by atoms with Gasteiger partial charge in [-0.1, -0.05) is 0 Å². The average molecular weight is 644 g/mol. The van der Waals surface area contributed by atoms with Gasteiger partial charge in [0.15, 0.2) is 0 Å². The maximum Gasteiger partial charge on any atom is 0.0627 e. The predicted octanol–water partition coefficient (Wildman–Crippen LogP) is -14.0. The zero-order valence-electron chi connectivity index (χ0n) is 6.63. The molecular formula is C5H12I4O4-4. The van der Waals surface area contributed by atoms with Crippen LogP contribution in [-0.4, -0.2) is 46.9 Å². The van der Waals surface area contributed by atoms with Gasteiger partial charge in [-0.15, -0.1) is 0 Å². The van der Waals surface area contributed by atoms with Crippen molar-refractivity contribution >= 4 is 0 Å². The summed E-state index contributed by atoms with van der Waals surface area (Å²) >= 11 is 0. The van der Waals surface area contributed by atoms with E-state index in [4.69, 9.17) is 20.4 Å². The smallest absolute Gasteiger partial charge is 0.0627 e. The summed E-state index contributed by atoms with van der Waals surface area (Å²) in [7, 11) is 0. The monoisotopic (exact) mass is 644 g/mol. The fourth-order valence-corrected chi connectivity index (χ4v) is 0.300. The summed E-state index contributed by atoms with van der Waals surface area (Å²) in [6.45, 7) is -1.62. The highest BCUT2D eigenvalue weighted by Crippen LogP contribution is 2.11. The van der Waals surface area contributed by atoms with Crippen molar-refractivity contribution in [2.45, 2.75) is 0 Å². The highest BCUT2D eigenvalue weighted by molar-refractivity contribution is 4.74. The number of hydrogen-bond acceptors (Lipinski definition) is 4. The zero-order valence-corrected chi connectivity index (χ0v) is 15.3. The van der Waals surface area contributed by atoms with Gasteiger partial charge in [-0.25, -0.2) is 0 Å². The Hall–Kier alpha value is 2.76. The molecule has 0 radical (unpaired) electrons. The molecule has 8 heteroatoms. The molecule has 0 heterocycles. The van der Waals surface area contributed by atoms with Crippen molar-refractivity contribution < 1.29 is 116 Å². The van der Waals surface area contributed by atoms with Crippen LogP contribution in [0.3, 0.4) is 0 Å². The van der Waals surface area contributed by atoms with E-state index in [9.17, 15) is 0 Å². The van der Waals surface area contributed by atoms with E-state index in [1.165, 1.54) is 0 Å². The van der Waals surface area contributed by atoms with Crippen LogP contribution in [0.1, 0.15) is 0 Å².